The molecule has 2 fully saturated rings. The van der Waals surface area contributed by atoms with Crippen LogP contribution in [-0.2, 0) is 19.4 Å². The van der Waals surface area contributed by atoms with Crippen molar-refractivity contribution >= 4 is 27.6 Å². The van der Waals surface area contributed by atoms with Crippen LogP contribution in [0.4, 0.5) is 10.5 Å². The molecule has 8 nitrogen and oxygen atoms in total. The van der Waals surface area contributed by atoms with Crippen molar-refractivity contribution in [2.75, 3.05) is 17.7 Å². The summed E-state index contributed by atoms with van der Waals surface area (Å²) in [5.74, 6) is 4.86. The SMILES string of the molecule is C[C@@](C[C@H]1CN(c2ccc(C#CC3CC(O)C3)cc2)C(=O)O1)(C(=O)O)S(C)(=O)=O. The van der Waals surface area contributed by atoms with Crippen LogP contribution >= 0.6 is 0 Å². The number of hydrogen-bond acceptors (Lipinski definition) is 6. The van der Waals surface area contributed by atoms with Crippen LogP contribution < -0.4 is 4.90 Å². The summed E-state index contributed by atoms with van der Waals surface area (Å²) >= 11 is 0. The van der Waals surface area contributed by atoms with Gasteiger partial charge < -0.3 is 14.9 Å². The van der Waals surface area contributed by atoms with E-state index in [-0.39, 0.29) is 25.0 Å². The molecule has 0 aromatic heterocycles. The molecule has 1 aliphatic heterocycles. The summed E-state index contributed by atoms with van der Waals surface area (Å²) in [6.45, 7) is 1.18. The number of aliphatic hydroxyl groups excluding tert-OH is 1. The van der Waals surface area contributed by atoms with Gasteiger partial charge in [0.05, 0.1) is 12.6 Å². The highest BCUT2D eigenvalue weighted by Gasteiger charge is 2.48. The zero-order valence-electron chi connectivity index (χ0n) is 16.2. The van der Waals surface area contributed by atoms with Crippen LogP contribution in [0.3, 0.4) is 0 Å². The Morgan fingerprint density at radius 3 is 2.45 bits per heavy atom. The van der Waals surface area contributed by atoms with Gasteiger partial charge in [0, 0.05) is 29.8 Å². The van der Waals surface area contributed by atoms with E-state index in [1.54, 1.807) is 24.3 Å². The fraction of sp³-hybridized carbons (Fsp3) is 0.500. The molecule has 1 heterocycles. The maximum atomic E-state index is 12.2. The Morgan fingerprint density at radius 2 is 1.93 bits per heavy atom. The molecular weight excluding hydrogens is 398 g/mol. The highest BCUT2D eigenvalue weighted by molar-refractivity contribution is 7.92. The summed E-state index contributed by atoms with van der Waals surface area (Å²) in [6.07, 6.45) is 0.140. The number of carboxylic acids is 1. The molecule has 9 heteroatoms. The second-order valence-electron chi connectivity index (χ2n) is 7.77. The van der Waals surface area contributed by atoms with Gasteiger partial charge in [0.15, 0.2) is 14.6 Å². The normalized spacial score (nSPS) is 26.0. The number of anilines is 1. The number of sulfone groups is 1. The maximum absolute atomic E-state index is 12.2. The molecule has 1 saturated heterocycles. The number of nitrogens with zero attached hydrogens (tertiary/aromatic N) is 1. The lowest BCUT2D eigenvalue weighted by atomic mass is 9.83. The van der Waals surface area contributed by atoms with Gasteiger partial charge in [0.1, 0.15) is 6.10 Å². The Hall–Kier alpha value is -2.57. The molecule has 0 radical (unpaired) electrons. The van der Waals surface area contributed by atoms with Crippen molar-refractivity contribution in [1.29, 1.82) is 0 Å². The molecule has 2 N–H and O–H groups in total. The van der Waals surface area contributed by atoms with E-state index < -0.39 is 32.8 Å². The summed E-state index contributed by atoms with van der Waals surface area (Å²) in [5, 5.41) is 18.7. The largest absolute Gasteiger partial charge is 0.480 e. The highest BCUT2D eigenvalue weighted by Crippen LogP contribution is 2.30. The van der Waals surface area contributed by atoms with Gasteiger partial charge in [-0.15, -0.1) is 0 Å². The number of benzene rings is 1. The van der Waals surface area contributed by atoms with Gasteiger partial charge in [-0.2, -0.15) is 0 Å². The molecule has 29 heavy (non-hydrogen) atoms. The smallest absolute Gasteiger partial charge is 0.414 e. The fourth-order valence-electron chi connectivity index (χ4n) is 3.29. The van der Waals surface area contributed by atoms with Gasteiger partial charge in [-0.25, -0.2) is 13.2 Å². The van der Waals surface area contributed by atoms with Crippen molar-refractivity contribution in [1.82, 2.24) is 0 Å². The van der Waals surface area contributed by atoms with E-state index in [1.807, 2.05) is 0 Å². The van der Waals surface area contributed by atoms with Gasteiger partial charge in [0.25, 0.3) is 0 Å². The van der Waals surface area contributed by atoms with Crippen molar-refractivity contribution in [3.63, 3.8) is 0 Å². The van der Waals surface area contributed by atoms with E-state index in [4.69, 9.17) is 4.74 Å². The van der Waals surface area contributed by atoms with Crippen molar-refractivity contribution in [2.24, 2.45) is 5.92 Å². The topological polar surface area (TPSA) is 121 Å². The third kappa shape index (κ3) is 4.38. The monoisotopic (exact) mass is 421 g/mol. The standard InChI is InChI=1S/C20H23NO7S/c1-20(18(23)24,29(2,26)27)11-17-12-21(19(25)28-17)15-7-5-13(6-8-15)3-4-14-9-16(22)10-14/h5-8,14,16-17,22H,9-12H2,1-2H3,(H,23,24)/t14?,16?,17-,20+/m0/s1. The van der Waals surface area contributed by atoms with E-state index in [1.165, 1.54) is 4.90 Å². The number of aliphatic carboxylic acids is 1. The van der Waals surface area contributed by atoms with Crippen molar-refractivity contribution in [2.45, 2.75) is 43.1 Å². The molecule has 1 aromatic carbocycles. The third-order valence-electron chi connectivity index (χ3n) is 5.47. The van der Waals surface area contributed by atoms with Crippen molar-refractivity contribution in [3.05, 3.63) is 29.8 Å². The summed E-state index contributed by atoms with van der Waals surface area (Å²) in [5.41, 5.74) is 1.33. The molecule has 1 aliphatic carbocycles. The lowest BCUT2D eigenvalue weighted by molar-refractivity contribution is -0.140. The molecule has 0 spiro atoms. The molecule has 0 bridgehead atoms. The Bertz CT molecular complexity index is 970. The fourth-order valence-corrected chi connectivity index (χ4v) is 4.09. The van der Waals surface area contributed by atoms with E-state index in [0.29, 0.717) is 18.5 Å². The number of carbonyl (C=O) groups is 2. The van der Waals surface area contributed by atoms with Crippen molar-refractivity contribution in [3.8, 4) is 11.8 Å². The van der Waals surface area contributed by atoms with E-state index >= 15 is 0 Å². The van der Waals surface area contributed by atoms with E-state index in [0.717, 1.165) is 18.7 Å². The lowest BCUT2D eigenvalue weighted by Gasteiger charge is -2.26. The summed E-state index contributed by atoms with van der Waals surface area (Å²) in [4.78, 5) is 25.1. The maximum Gasteiger partial charge on any atom is 0.414 e. The Labute approximate surface area is 169 Å². The van der Waals surface area contributed by atoms with E-state index in [2.05, 4.69) is 11.8 Å². The number of aliphatic hydroxyl groups is 1. The zero-order valence-corrected chi connectivity index (χ0v) is 17.0. The second-order valence-corrected chi connectivity index (χ2v) is 10.2. The second kappa shape index (κ2) is 7.69. The zero-order chi connectivity index (χ0) is 21.4. The van der Waals surface area contributed by atoms with Gasteiger partial charge in [-0.3, -0.25) is 9.69 Å². The first-order chi connectivity index (χ1) is 13.5. The Kier molecular flexibility index (Phi) is 5.61. The summed E-state index contributed by atoms with van der Waals surface area (Å²) in [6, 6.07) is 6.93. The van der Waals surface area contributed by atoms with Gasteiger partial charge in [0.2, 0.25) is 0 Å². The quantitative estimate of drug-likeness (QED) is 0.690. The first-order valence-electron chi connectivity index (χ1n) is 9.20. The molecule has 156 valence electrons. The molecule has 2 aliphatic rings. The number of amides is 1. The van der Waals surface area contributed by atoms with Crippen molar-refractivity contribution < 1.29 is 33.0 Å². The molecule has 2 atom stereocenters. The van der Waals surface area contributed by atoms with Crippen LogP contribution in [0.5, 0.6) is 0 Å². The van der Waals surface area contributed by atoms with Crippen LogP contribution in [0.25, 0.3) is 0 Å². The average Bonchev–Trinajstić information content (AvgIpc) is 2.97. The molecule has 3 rings (SSSR count). The minimum atomic E-state index is -3.91. The van der Waals surface area contributed by atoms with Crippen LogP contribution in [-0.4, -0.2) is 60.4 Å². The van der Waals surface area contributed by atoms with Gasteiger partial charge in [-0.1, -0.05) is 11.8 Å². The number of ether oxygens (including phenoxy) is 1. The number of carboxylic acid groups (broad SMARTS) is 1. The molecule has 1 aromatic rings. The van der Waals surface area contributed by atoms with Crippen LogP contribution in [0.15, 0.2) is 24.3 Å². The minimum Gasteiger partial charge on any atom is -0.480 e. The van der Waals surface area contributed by atoms with E-state index in [9.17, 15) is 28.2 Å². The molecule has 1 saturated carbocycles. The van der Waals surface area contributed by atoms with Crippen LogP contribution in [0, 0.1) is 17.8 Å². The molecule has 0 unspecified atom stereocenters. The molecule has 1 amide bonds. The number of cyclic esters (lactones) is 1. The first kappa shape index (κ1) is 21.1. The third-order valence-corrected chi connectivity index (χ3v) is 7.45. The predicted octanol–water partition coefficient (Wildman–Crippen LogP) is 1.41. The van der Waals surface area contributed by atoms with Gasteiger partial charge in [-0.05, 0) is 44.0 Å². The summed E-state index contributed by atoms with van der Waals surface area (Å²) in [7, 11) is -3.91. The average molecular weight is 421 g/mol. The number of carbonyl (C=O) groups excluding carboxylic acids is 1. The highest BCUT2D eigenvalue weighted by atomic mass is 32.2. The Morgan fingerprint density at radius 1 is 1.31 bits per heavy atom. The minimum absolute atomic E-state index is 0.0577. The first-order valence-corrected chi connectivity index (χ1v) is 11.1. The number of hydrogen-bond donors (Lipinski definition) is 2. The predicted molar refractivity (Wildman–Crippen MR) is 105 cm³/mol. The Balaban J connectivity index is 1.68. The molecular formula is C20H23NO7S. The van der Waals surface area contributed by atoms with Crippen LogP contribution in [0.2, 0.25) is 0 Å². The van der Waals surface area contributed by atoms with Crippen LogP contribution in [0.1, 0.15) is 31.7 Å². The number of rotatable bonds is 5. The summed E-state index contributed by atoms with van der Waals surface area (Å²) < 4.78 is 27.1. The van der Waals surface area contributed by atoms with Gasteiger partial charge >= 0.3 is 12.1 Å². The lowest BCUT2D eigenvalue weighted by Crippen LogP contribution is -2.46.